The van der Waals surface area contributed by atoms with Gasteiger partial charge >= 0.3 is 0 Å². The molecule has 0 unspecified atom stereocenters. The molecular formula is C10H16N2O3S2. The van der Waals surface area contributed by atoms with Gasteiger partial charge < -0.3 is 5.73 Å². The molecule has 0 heterocycles. The molecule has 96 valence electrons. The van der Waals surface area contributed by atoms with Crippen LogP contribution in [-0.2, 0) is 14.9 Å². The van der Waals surface area contributed by atoms with Crippen LogP contribution < -0.4 is 5.73 Å². The van der Waals surface area contributed by atoms with E-state index in [0.29, 0.717) is 11.4 Å². The Kier molecular flexibility index (Phi) is 5.26. The summed E-state index contributed by atoms with van der Waals surface area (Å²) < 4.78 is 24.0. The van der Waals surface area contributed by atoms with Crippen LogP contribution in [0.3, 0.4) is 0 Å². The molecule has 0 fully saturated rings. The van der Waals surface area contributed by atoms with Gasteiger partial charge in [0.2, 0.25) is 10.0 Å². The first-order valence-corrected chi connectivity index (χ1v) is 7.54. The molecule has 0 aliphatic carbocycles. The number of hydrogen-bond acceptors (Lipinski definition) is 5. The fourth-order valence-electron chi connectivity index (χ4n) is 1.11. The molecule has 0 spiro atoms. The highest BCUT2D eigenvalue weighted by Crippen LogP contribution is 2.20. The highest BCUT2D eigenvalue weighted by Gasteiger charge is 2.16. The third kappa shape index (κ3) is 4.55. The Bertz CT molecular complexity index is 462. The number of anilines is 1. The summed E-state index contributed by atoms with van der Waals surface area (Å²) >= 11 is 1.45. The van der Waals surface area contributed by atoms with Crippen molar-refractivity contribution in [2.75, 3.05) is 31.4 Å². The molecule has 1 aromatic rings. The number of benzene rings is 1. The maximum Gasteiger partial charge on any atom is 0.236 e. The average molecular weight is 276 g/mol. The van der Waals surface area contributed by atoms with E-state index >= 15 is 0 Å². The lowest BCUT2D eigenvalue weighted by atomic mass is 10.3. The summed E-state index contributed by atoms with van der Waals surface area (Å²) in [4.78, 5) is 5.61. The van der Waals surface area contributed by atoms with Crippen molar-refractivity contribution in [1.82, 2.24) is 4.47 Å². The van der Waals surface area contributed by atoms with Crippen LogP contribution in [0.4, 0.5) is 5.69 Å². The van der Waals surface area contributed by atoms with E-state index in [9.17, 15) is 8.42 Å². The van der Waals surface area contributed by atoms with Crippen LogP contribution in [0.2, 0.25) is 0 Å². The van der Waals surface area contributed by atoms with Crippen molar-refractivity contribution in [3.05, 3.63) is 24.3 Å². The maximum atomic E-state index is 11.6. The molecule has 0 atom stereocenters. The number of nitrogen functional groups attached to an aromatic ring is 1. The van der Waals surface area contributed by atoms with Crippen LogP contribution in [0.1, 0.15) is 0 Å². The minimum absolute atomic E-state index is 0.0246. The summed E-state index contributed by atoms with van der Waals surface area (Å²) in [5, 5.41) is 0. The minimum Gasteiger partial charge on any atom is -0.399 e. The van der Waals surface area contributed by atoms with Crippen molar-refractivity contribution in [3.63, 3.8) is 0 Å². The normalized spacial score (nSPS) is 11.9. The van der Waals surface area contributed by atoms with Crippen molar-refractivity contribution < 1.29 is 13.3 Å². The lowest BCUT2D eigenvalue weighted by Crippen LogP contribution is -2.28. The number of thioether (sulfide) groups is 1. The molecular weight excluding hydrogens is 260 g/mol. The molecule has 0 radical (unpaired) electrons. The summed E-state index contributed by atoms with van der Waals surface area (Å²) in [7, 11) is -0.634. The van der Waals surface area contributed by atoms with Gasteiger partial charge in [0.15, 0.2) is 0 Å². The third-order valence-electron chi connectivity index (χ3n) is 2.12. The van der Waals surface area contributed by atoms with Crippen LogP contribution in [0.25, 0.3) is 0 Å². The Labute approximate surface area is 106 Å². The fraction of sp³-hybridized carbons (Fsp3) is 0.400. The van der Waals surface area contributed by atoms with E-state index in [-0.39, 0.29) is 5.75 Å². The van der Waals surface area contributed by atoms with E-state index in [2.05, 4.69) is 4.84 Å². The van der Waals surface area contributed by atoms with E-state index < -0.39 is 10.0 Å². The quantitative estimate of drug-likeness (QED) is 0.480. The smallest absolute Gasteiger partial charge is 0.236 e. The predicted octanol–water partition coefficient (Wildman–Crippen LogP) is 1.18. The first-order chi connectivity index (χ1) is 7.95. The first kappa shape index (κ1) is 14.3. The second-order valence-corrected chi connectivity index (χ2v) is 6.58. The monoisotopic (exact) mass is 276 g/mol. The van der Waals surface area contributed by atoms with Gasteiger partial charge in [-0.3, -0.25) is 4.84 Å². The number of sulfonamides is 1. The summed E-state index contributed by atoms with van der Waals surface area (Å²) in [6.07, 6.45) is 0. The van der Waals surface area contributed by atoms with Gasteiger partial charge in [-0.2, -0.15) is 0 Å². The topological polar surface area (TPSA) is 72.6 Å². The molecule has 0 aromatic heterocycles. The van der Waals surface area contributed by atoms with Gasteiger partial charge in [0.1, 0.15) is 0 Å². The van der Waals surface area contributed by atoms with E-state index in [4.69, 9.17) is 5.73 Å². The van der Waals surface area contributed by atoms with E-state index in [0.717, 1.165) is 9.36 Å². The number of rotatable bonds is 6. The summed E-state index contributed by atoms with van der Waals surface area (Å²) in [5.41, 5.74) is 6.30. The third-order valence-corrected chi connectivity index (χ3v) is 5.02. The Morgan fingerprint density at radius 2 is 2.18 bits per heavy atom. The lowest BCUT2D eigenvalue weighted by molar-refractivity contribution is -0.0256. The van der Waals surface area contributed by atoms with E-state index in [1.165, 1.54) is 25.9 Å². The molecule has 17 heavy (non-hydrogen) atoms. The SMILES string of the molecule is CON(C)S(=O)(=O)CCSc1cccc(N)c1. The lowest BCUT2D eigenvalue weighted by Gasteiger charge is -2.13. The molecule has 2 N–H and O–H groups in total. The van der Waals surface area contributed by atoms with Crippen LogP contribution in [0.5, 0.6) is 0 Å². The molecule has 1 rings (SSSR count). The number of hydrogen-bond donors (Lipinski definition) is 1. The van der Waals surface area contributed by atoms with Crippen molar-refractivity contribution in [1.29, 1.82) is 0 Å². The van der Waals surface area contributed by atoms with Crippen LogP contribution >= 0.6 is 11.8 Å². The van der Waals surface area contributed by atoms with Crippen molar-refractivity contribution in [2.24, 2.45) is 0 Å². The highest BCUT2D eigenvalue weighted by molar-refractivity contribution is 8.00. The number of nitrogens with two attached hydrogens (primary N) is 1. The van der Waals surface area contributed by atoms with Crippen molar-refractivity contribution >= 4 is 27.5 Å². The standard InChI is InChI=1S/C10H16N2O3S2/c1-12(15-2)17(13,14)7-6-16-10-5-3-4-9(11)8-10/h3-5,8H,6-7,11H2,1-2H3. The fourth-order valence-corrected chi connectivity index (χ4v) is 3.40. The Hall–Kier alpha value is -0.760. The van der Waals surface area contributed by atoms with Gasteiger partial charge in [-0.15, -0.1) is 11.8 Å². The van der Waals surface area contributed by atoms with Crippen molar-refractivity contribution in [2.45, 2.75) is 4.90 Å². The summed E-state index contributed by atoms with van der Waals surface area (Å²) in [6, 6.07) is 7.35. The van der Waals surface area contributed by atoms with Gasteiger partial charge in [-0.1, -0.05) is 10.5 Å². The molecule has 0 saturated carbocycles. The Morgan fingerprint density at radius 1 is 1.47 bits per heavy atom. The second kappa shape index (κ2) is 6.25. The van der Waals surface area contributed by atoms with Gasteiger partial charge in [0.05, 0.1) is 12.9 Å². The van der Waals surface area contributed by atoms with E-state index in [1.54, 1.807) is 6.07 Å². The Balaban J connectivity index is 2.48. The zero-order chi connectivity index (χ0) is 12.9. The molecule has 7 heteroatoms. The summed E-state index contributed by atoms with van der Waals surface area (Å²) in [5.74, 6) is 0.482. The molecule has 1 aromatic carbocycles. The zero-order valence-corrected chi connectivity index (χ0v) is 11.4. The van der Waals surface area contributed by atoms with Gasteiger partial charge in [-0.05, 0) is 18.2 Å². The number of hydroxylamine groups is 1. The summed E-state index contributed by atoms with van der Waals surface area (Å²) in [6.45, 7) is 0. The first-order valence-electron chi connectivity index (χ1n) is 4.95. The Morgan fingerprint density at radius 3 is 2.76 bits per heavy atom. The van der Waals surface area contributed by atoms with Gasteiger partial charge in [-0.25, -0.2) is 8.42 Å². The highest BCUT2D eigenvalue weighted by atomic mass is 32.2. The molecule has 0 saturated heterocycles. The molecule has 0 aliphatic rings. The molecule has 5 nitrogen and oxygen atoms in total. The van der Waals surface area contributed by atoms with Gasteiger partial charge in [0, 0.05) is 23.4 Å². The minimum atomic E-state index is -3.33. The second-order valence-electron chi connectivity index (χ2n) is 3.33. The maximum absolute atomic E-state index is 11.6. The molecule has 0 bridgehead atoms. The number of nitrogens with zero attached hydrogens (tertiary/aromatic N) is 1. The largest absolute Gasteiger partial charge is 0.399 e. The molecule has 0 amide bonds. The van der Waals surface area contributed by atoms with Crippen molar-refractivity contribution in [3.8, 4) is 0 Å². The molecule has 0 aliphatic heterocycles. The average Bonchev–Trinajstić information content (AvgIpc) is 2.27. The van der Waals surface area contributed by atoms with E-state index in [1.807, 2.05) is 18.2 Å². The van der Waals surface area contributed by atoms with Crippen LogP contribution in [-0.4, -0.2) is 38.5 Å². The zero-order valence-electron chi connectivity index (χ0n) is 9.79. The van der Waals surface area contributed by atoms with Crippen LogP contribution in [0, 0.1) is 0 Å². The van der Waals surface area contributed by atoms with Gasteiger partial charge in [0.25, 0.3) is 0 Å². The van der Waals surface area contributed by atoms with Crippen LogP contribution in [0.15, 0.2) is 29.2 Å². The predicted molar refractivity (Wildman–Crippen MR) is 70.1 cm³/mol.